The summed E-state index contributed by atoms with van der Waals surface area (Å²) < 4.78 is 0. The van der Waals surface area contributed by atoms with Crippen LogP contribution in [0, 0.1) is 6.92 Å². The Bertz CT molecular complexity index is 1410. The summed E-state index contributed by atoms with van der Waals surface area (Å²) >= 11 is 0. The van der Waals surface area contributed by atoms with Crippen molar-refractivity contribution >= 4 is 5.91 Å². The molecule has 6 heteroatoms. The quantitative estimate of drug-likeness (QED) is 0.246. The second kappa shape index (κ2) is 10.8. The molecule has 0 radical (unpaired) electrons. The molecule has 5 rings (SSSR count). The summed E-state index contributed by atoms with van der Waals surface area (Å²) in [6.07, 6.45) is 0. The fraction of sp³-hybridized carbons (Fsp3) is 0.188. The standard InChI is InChI=1S/C32H31N5O/c1-4-36(5-2)31(38)25-21-22-29(24(3)23-25)30-33-35-37(34-30)32(26-15-9-6-10-16-26,27-17-11-7-12-18-27)28-19-13-8-14-20-28/h6-23H,4-5H2,1-3H3. The molecule has 0 N–H and O–H groups in total. The monoisotopic (exact) mass is 501 g/mol. The Morgan fingerprint density at radius 3 is 1.71 bits per heavy atom. The number of amides is 1. The fourth-order valence-electron chi connectivity index (χ4n) is 5.09. The molecule has 0 fully saturated rings. The van der Waals surface area contributed by atoms with E-state index in [1.807, 2.05) is 98.5 Å². The molecule has 0 bridgehead atoms. The Kier molecular flexibility index (Phi) is 7.13. The van der Waals surface area contributed by atoms with Crippen molar-refractivity contribution in [1.29, 1.82) is 0 Å². The third-order valence-corrected chi connectivity index (χ3v) is 7.05. The van der Waals surface area contributed by atoms with Crippen molar-refractivity contribution in [2.24, 2.45) is 0 Å². The van der Waals surface area contributed by atoms with Crippen LogP contribution in [0.1, 0.15) is 46.5 Å². The third kappa shape index (κ3) is 4.39. The number of aromatic nitrogens is 4. The van der Waals surface area contributed by atoms with Gasteiger partial charge in [-0.3, -0.25) is 4.79 Å². The molecule has 1 amide bonds. The van der Waals surface area contributed by atoms with Crippen LogP contribution in [0.15, 0.2) is 109 Å². The lowest BCUT2D eigenvalue weighted by Gasteiger charge is -2.34. The zero-order valence-corrected chi connectivity index (χ0v) is 22.0. The second-order valence-corrected chi connectivity index (χ2v) is 9.22. The highest BCUT2D eigenvalue weighted by molar-refractivity contribution is 5.95. The average molecular weight is 502 g/mol. The van der Waals surface area contributed by atoms with Gasteiger partial charge in [0.05, 0.1) is 0 Å². The SMILES string of the molecule is CCN(CC)C(=O)c1ccc(-c2nnn(C(c3ccccc3)(c3ccccc3)c3ccccc3)n2)c(C)c1. The van der Waals surface area contributed by atoms with Crippen molar-refractivity contribution in [3.8, 4) is 11.4 Å². The second-order valence-electron chi connectivity index (χ2n) is 9.22. The Labute approximate surface area is 223 Å². The van der Waals surface area contributed by atoms with Gasteiger partial charge in [0, 0.05) is 24.2 Å². The lowest BCUT2D eigenvalue weighted by atomic mass is 9.77. The predicted octanol–water partition coefficient (Wildman–Crippen LogP) is 5.97. The first-order chi connectivity index (χ1) is 18.6. The molecular weight excluding hydrogens is 470 g/mol. The number of hydrogen-bond acceptors (Lipinski definition) is 4. The normalized spacial score (nSPS) is 11.3. The maximum atomic E-state index is 12.9. The minimum Gasteiger partial charge on any atom is -0.339 e. The maximum absolute atomic E-state index is 12.9. The summed E-state index contributed by atoms with van der Waals surface area (Å²) in [7, 11) is 0. The van der Waals surface area contributed by atoms with E-state index >= 15 is 0 Å². The van der Waals surface area contributed by atoms with Crippen molar-refractivity contribution in [2.75, 3.05) is 13.1 Å². The largest absolute Gasteiger partial charge is 0.339 e. The van der Waals surface area contributed by atoms with Gasteiger partial charge in [0.25, 0.3) is 5.91 Å². The zero-order chi connectivity index (χ0) is 26.5. The van der Waals surface area contributed by atoms with Crippen LogP contribution in [0.5, 0.6) is 0 Å². The summed E-state index contributed by atoms with van der Waals surface area (Å²) in [5.74, 6) is 0.536. The van der Waals surface area contributed by atoms with E-state index in [0.29, 0.717) is 24.5 Å². The molecular formula is C32H31N5O. The number of nitrogens with zero attached hydrogens (tertiary/aromatic N) is 5. The molecule has 1 aromatic heterocycles. The van der Waals surface area contributed by atoms with Gasteiger partial charge in [0.15, 0.2) is 5.54 Å². The van der Waals surface area contributed by atoms with Gasteiger partial charge in [-0.1, -0.05) is 91.0 Å². The van der Waals surface area contributed by atoms with Crippen molar-refractivity contribution in [3.63, 3.8) is 0 Å². The highest BCUT2D eigenvalue weighted by Gasteiger charge is 2.41. The lowest BCUT2D eigenvalue weighted by molar-refractivity contribution is 0.0773. The van der Waals surface area contributed by atoms with Gasteiger partial charge < -0.3 is 4.90 Å². The van der Waals surface area contributed by atoms with Gasteiger partial charge >= 0.3 is 0 Å². The van der Waals surface area contributed by atoms with E-state index in [-0.39, 0.29) is 5.91 Å². The fourth-order valence-corrected chi connectivity index (χ4v) is 5.09. The minimum atomic E-state index is -0.832. The predicted molar refractivity (Wildman–Crippen MR) is 150 cm³/mol. The molecule has 190 valence electrons. The van der Waals surface area contributed by atoms with Gasteiger partial charge in [-0.15, -0.1) is 15.0 Å². The number of rotatable bonds is 8. The average Bonchev–Trinajstić information content (AvgIpc) is 3.46. The lowest BCUT2D eigenvalue weighted by Crippen LogP contribution is -2.39. The van der Waals surface area contributed by atoms with Crippen molar-refractivity contribution < 1.29 is 4.79 Å². The van der Waals surface area contributed by atoms with E-state index in [1.165, 1.54) is 0 Å². The van der Waals surface area contributed by atoms with Crippen LogP contribution in [0.25, 0.3) is 11.4 Å². The van der Waals surface area contributed by atoms with Crippen molar-refractivity contribution in [1.82, 2.24) is 25.1 Å². The topological polar surface area (TPSA) is 63.9 Å². The summed E-state index contributed by atoms with van der Waals surface area (Å²) in [6.45, 7) is 7.31. The van der Waals surface area contributed by atoms with E-state index in [4.69, 9.17) is 5.10 Å². The number of aryl methyl sites for hydroxylation is 1. The van der Waals surface area contributed by atoms with E-state index < -0.39 is 5.54 Å². The van der Waals surface area contributed by atoms with E-state index in [1.54, 1.807) is 4.80 Å². The zero-order valence-electron chi connectivity index (χ0n) is 22.0. The van der Waals surface area contributed by atoms with Gasteiger partial charge in [-0.25, -0.2) is 0 Å². The van der Waals surface area contributed by atoms with Gasteiger partial charge in [0.1, 0.15) is 0 Å². The molecule has 0 spiro atoms. The van der Waals surface area contributed by atoms with E-state index in [2.05, 4.69) is 46.7 Å². The summed E-state index contributed by atoms with van der Waals surface area (Å²) in [4.78, 5) is 16.4. The van der Waals surface area contributed by atoms with Gasteiger partial charge in [0.2, 0.25) is 5.82 Å². The number of tetrazole rings is 1. The Hall–Kier alpha value is -4.58. The smallest absolute Gasteiger partial charge is 0.253 e. The Morgan fingerprint density at radius 1 is 0.763 bits per heavy atom. The van der Waals surface area contributed by atoms with E-state index in [0.717, 1.165) is 27.8 Å². The molecule has 6 nitrogen and oxygen atoms in total. The molecule has 1 heterocycles. The Morgan fingerprint density at radius 2 is 1.26 bits per heavy atom. The van der Waals surface area contributed by atoms with Crippen LogP contribution >= 0.6 is 0 Å². The number of carbonyl (C=O) groups excluding carboxylic acids is 1. The molecule has 0 atom stereocenters. The van der Waals surface area contributed by atoms with Crippen LogP contribution in [0.4, 0.5) is 0 Å². The van der Waals surface area contributed by atoms with Crippen LogP contribution in [0.2, 0.25) is 0 Å². The first kappa shape index (κ1) is 25.1. The highest BCUT2D eigenvalue weighted by Crippen LogP contribution is 2.40. The van der Waals surface area contributed by atoms with Crippen molar-refractivity contribution in [2.45, 2.75) is 26.3 Å². The molecule has 0 saturated heterocycles. The van der Waals surface area contributed by atoms with E-state index in [9.17, 15) is 4.79 Å². The van der Waals surface area contributed by atoms with Crippen LogP contribution in [0.3, 0.4) is 0 Å². The molecule has 5 aromatic rings. The first-order valence-electron chi connectivity index (χ1n) is 13.0. The highest BCUT2D eigenvalue weighted by atomic mass is 16.2. The van der Waals surface area contributed by atoms with Crippen LogP contribution in [-0.4, -0.2) is 44.1 Å². The summed E-state index contributed by atoms with van der Waals surface area (Å²) in [6, 6.07) is 36.5. The first-order valence-corrected chi connectivity index (χ1v) is 13.0. The summed E-state index contributed by atoms with van der Waals surface area (Å²) in [5, 5.41) is 14.2. The number of hydrogen-bond donors (Lipinski definition) is 0. The molecule has 38 heavy (non-hydrogen) atoms. The van der Waals surface area contributed by atoms with Gasteiger partial charge in [-0.2, -0.15) is 0 Å². The van der Waals surface area contributed by atoms with Crippen LogP contribution in [-0.2, 0) is 5.54 Å². The number of carbonyl (C=O) groups is 1. The molecule has 4 aromatic carbocycles. The summed E-state index contributed by atoms with van der Waals surface area (Å²) in [5.41, 5.74) is 4.67. The molecule has 0 saturated carbocycles. The maximum Gasteiger partial charge on any atom is 0.253 e. The van der Waals surface area contributed by atoms with Gasteiger partial charge in [-0.05, 0) is 66.4 Å². The Balaban J connectivity index is 1.67. The molecule has 0 aliphatic rings. The number of benzene rings is 4. The molecule has 0 unspecified atom stereocenters. The minimum absolute atomic E-state index is 0.0255. The van der Waals surface area contributed by atoms with Crippen LogP contribution < -0.4 is 0 Å². The molecule has 0 aliphatic heterocycles. The third-order valence-electron chi connectivity index (χ3n) is 7.05. The van der Waals surface area contributed by atoms with Crippen molar-refractivity contribution in [3.05, 3.63) is 137 Å². The molecule has 0 aliphatic carbocycles.